The largest absolute Gasteiger partial charge is 0.497 e. The lowest BCUT2D eigenvalue weighted by molar-refractivity contribution is -0.109. The van der Waals surface area contributed by atoms with E-state index in [4.69, 9.17) is 27.9 Å². The number of methoxy groups -OCH3 is 1. The van der Waals surface area contributed by atoms with E-state index in [1.165, 1.54) is 0 Å². The second-order valence-corrected chi connectivity index (χ2v) is 8.22. The predicted molar refractivity (Wildman–Crippen MR) is 120 cm³/mol. The highest BCUT2D eigenvalue weighted by Crippen LogP contribution is 2.42. The van der Waals surface area contributed by atoms with Gasteiger partial charge in [0.1, 0.15) is 17.7 Å². The molecule has 1 heterocycles. The molecule has 1 fully saturated rings. The Balaban J connectivity index is 1.79. The average Bonchev–Trinajstić information content (AvgIpc) is 3.16. The minimum atomic E-state index is -0.720. The monoisotopic (exact) mass is 440 g/mol. The Kier molecular flexibility index (Phi) is 6.11. The summed E-state index contributed by atoms with van der Waals surface area (Å²) >= 11 is 12.2. The van der Waals surface area contributed by atoms with Crippen LogP contribution in [-0.2, 0) is 10.5 Å². The van der Waals surface area contributed by atoms with E-state index in [1.807, 2.05) is 72.8 Å². The molecule has 2 atom stereocenters. The number of rotatable bonds is 6. The van der Waals surface area contributed by atoms with Crippen LogP contribution in [0.25, 0.3) is 0 Å². The standard InChI is InChI=1S/C24H22Cl2N2O2/c1-30-21-12-6-18(7-13-21)24(14-15-29)27-22(16-2-8-19(25)9-3-16)23(28-24)17-4-10-20(26)11-5-17/h2-13,15,22-23,27-28H,14H2,1H3. The Labute approximate surface area is 186 Å². The molecule has 0 amide bonds. The number of carbonyl (C=O) groups excluding carboxylic acids is 1. The minimum absolute atomic E-state index is 0.0782. The molecular weight excluding hydrogens is 419 g/mol. The van der Waals surface area contributed by atoms with Gasteiger partial charge in [-0.05, 0) is 53.1 Å². The SMILES string of the molecule is COc1ccc(C2(CC=O)NC(c3ccc(Cl)cc3)C(c3ccc(Cl)cc3)N2)cc1. The van der Waals surface area contributed by atoms with Crippen molar-refractivity contribution in [3.63, 3.8) is 0 Å². The molecule has 0 bridgehead atoms. The van der Waals surface area contributed by atoms with Crippen LogP contribution >= 0.6 is 23.2 Å². The van der Waals surface area contributed by atoms with Crippen LogP contribution in [0.1, 0.15) is 35.2 Å². The van der Waals surface area contributed by atoms with E-state index in [2.05, 4.69) is 10.6 Å². The Bertz CT molecular complexity index is 951. The van der Waals surface area contributed by atoms with Gasteiger partial charge in [0.2, 0.25) is 0 Å². The molecule has 0 aromatic heterocycles. The topological polar surface area (TPSA) is 50.4 Å². The van der Waals surface area contributed by atoms with E-state index in [-0.39, 0.29) is 18.5 Å². The van der Waals surface area contributed by atoms with Crippen LogP contribution in [0.4, 0.5) is 0 Å². The highest BCUT2D eigenvalue weighted by molar-refractivity contribution is 6.30. The molecule has 0 radical (unpaired) electrons. The summed E-state index contributed by atoms with van der Waals surface area (Å²) in [7, 11) is 1.63. The van der Waals surface area contributed by atoms with Gasteiger partial charge in [-0.1, -0.05) is 59.6 Å². The van der Waals surface area contributed by atoms with Crippen LogP contribution in [0, 0.1) is 0 Å². The van der Waals surface area contributed by atoms with Crippen LogP contribution in [0.3, 0.4) is 0 Å². The van der Waals surface area contributed by atoms with Gasteiger partial charge in [-0.15, -0.1) is 0 Å². The van der Waals surface area contributed by atoms with Crippen molar-refractivity contribution >= 4 is 29.5 Å². The van der Waals surface area contributed by atoms with Gasteiger partial charge < -0.3 is 9.53 Å². The average molecular weight is 441 g/mol. The van der Waals surface area contributed by atoms with Crippen LogP contribution < -0.4 is 15.4 Å². The normalized spacial score (nSPS) is 23.3. The highest BCUT2D eigenvalue weighted by Gasteiger charge is 2.46. The van der Waals surface area contributed by atoms with E-state index in [9.17, 15) is 4.79 Å². The zero-order chi connectivity index (χ0) is 21.1. The summed E-state index contributed by atoms with van der Waals surface area (Å²) in [6.45, 7) is 0. The summed E-state index contributed by atoms with van der Waals surface area (Å²) in [6.07, 6.45) is 1.21. The van der Waals surface area contributed by atoms with Crippen molar-refractivity contribution in [3.8, 4) is 5.75 Å². The first-order chi connectivity index (χ1) is 14.5. The lowest BCUT2D eigenvalue weighted by atomic mass is 9.95. The molecule has 3 aromatic carbocycles. The number of aldehydes is 1. The second kappa shape index (κ2) is 8.78. The predicted octanol–water partition coefficient (Wildman–Crippen LogP) is 5.42. The molecule has 1 aliphatic rings. The summed E-state index contributed by atoms with van der Waals surface area (Å²) in [4.78, 5) is 11.7. The molecule has 2 unspecified atom stereocenters. The first kappa shape index (κ1) is 20.9. The maximum atomic E-state index is 11.7. The van der Waals surface area contributed by atoms with E-state index >= 15 is 0 Å². The highest BCUT2D eigenvalue weighted by atomic mass is 35.5. The molecule has 6 heteroatoms. The van der Waals surface area contributed by atoms with Gasteiger partial charge in [0, 0.05) is 16.5 Å². The van der Waals surface area contributed by atoms with Gasteiger partial charge in [-0.3, -0.25) is 10.6 Å². The summed E-state index contributed by atoms with van der Waals surface area (Å²) in [5.74, 6) is 0.765. The van der Waals surface area contributed by atoms with Gasteiger partial charge in [-0.2, -0.15) is 0 Å². The van der Waals surface area contributed by atoms with E-state index < -0.39 is 5.66 Å². The molecule has 2 N–H and O–H groups in total. The number of hydrogen-bond donors (Lipinski definition) is 2. The molecule has 0 aliphatic carbocycles. The van der Waals surface area contributed by atoms with Gasteiger partial charge in [0.05, 0.1) is 19.2 Å². The smallest absolute Gasteiger partial charge is 0.123 e. The number of benzene rings is 3. The first-order valence-corrected chi connectivity index (χ1v) is 10.4. The number of hydrogen-bond acceptors (Lipinski definition) is 4. The van der Waals surface area contributed by atoms with E-state index in [0.29, 0.717) is 10.0 Å². The second-order valence-electron chi connectivity index (χ2n) is 7.35. The number of ether oxygens (including phenoxy) is 1. The lowest BCUT2D eigenvalue weighted by Crippen LogP contribution is -2.46. The summed E-state index contributed by atoms with van der Waals surface area (Å²) < 4.78 is 5.29. The molecule has 0 saturated carbocycles. The first-order valence-electron chi connectivity index (χ1n) is 9.69. The Morgan fingerprint density at radius 2 is 1.30 bits per heavy atom. The van der Waals surface area contributed by atoms with Gasteiger partial charge >= 0.3 is 0 Å². The van der Waals surface area contributed by atoms with E-state index in [1.54, 1.807) is 7.11 Å². The third-order valence-corrected chi connectivity index (χ3v) is 6.07. The van der Waals surface area contributed by atoms with Gasteiger partial charge in [-0.25, -0.2) is 0 Å². The number of carbonyl (C=O) groups is 1. The zero-order valence-corrected chi connectivity index (χ0v) is 18.0. The van der Waals surface area contributed by atoms with Crippen LogP contribution in [0.2, 0.25) is 10.0 Å². The number of halogens is 2. The van der Waals surface area contributed by atoms with Crippen LogP contribution in [0.15, 0.2) is 72.8 Å². The van der Waals surface area contributed by atoms with E-state index in [0.717, 1.165) is 28.7 Å². The van der Waals surface area contributed by atoms with Gasteiger partial charge in [0.25, 0.3) is 0 Å². The van der Waals surface area contributed by atoms with Crippen molar-refractivity contribution in [3.05, 3.63) is 99.5 Å². The third kappa shape index (κ3) is 4.09. The minimum Gasteiger partial charge on any atom is -0.497 e. The quantitative estimate of drug-likeness (QED) is 0.502. The molecule has 30 heavy (non-hydrogen) atoms. The molecule has 154 valence electrons. The fourth-order valence-corrected chi connectivity index (χ4v) is 4.29. The van der Waals surface area contributed by atoms with Crippen molar-refractivity contribution in [2.75, 3.05) is 7.11 Å². The van der Waals surface area contributed by atoms with Crippen molar-refractivity contribution in [2.24, 2.45) is 0 Å². The zero-order valence-electron chi connectivity index (χ0n) is 16.4. The molecular formula is C24H22Cl2N2O2. The fourth-order valence-electron chi connectivity index (χ4n) is 4.03. The van der Waals surface area contributed by atoms with Crippen molar-refractivity contribution in [1.29, 1.82) is 0 Å². The lowest BCUT2D eigenvalue weighted by Gasteiger charge is -2.30. The molecule has 4 rings (SSSR count). The molecule has 0 spiro atoms. The summed E-state index contributed by atoms with van der Waals surface area (Å²) in [5.41, 5.74) is 2.40. The Morgan fingerprint density at radius 3 is 1.70 bits per heavy atom. The van der Waals surface area contributed by atoms with Crippen molar-refractivity contribution in [1.82, 2.24) is 10.6 Å². The summed E-state index contributed by atoms with van der Waals surface area (Å²) in [5, 5.41) is 8.76. The van der Waals surface area contributed by atoms with Gasteiger partial charge in [0.15, 0.2) is 0 Å². The van der Waals surface area contributed by atoms with Crippen LogP contribution in [-0.4, -0.2) is 13.4 Å². The molecule has 1 aliphatic heterocycles. The van der Waals surface area contributed by atoms with Crippen molar-refractivity contribution < 1.29 is 9.53 Å². The molecule has 1 saturated heterocycles. The molecule has 3 aromatic rings. The Hall–Kier alpha value is -2.37. The maximum absolute atomic E-state index is 11.7. The van der Waals surface area contributed by atoms with Crippen molar-refractivity contribution in [2.45, 2.75) is 24.2 Å². The fraction of sp³-hybridized carbons (Fsp3) is 0.208. The molecule has 4 nitrogen and oxygen atoms in total. The Morgan fingerprint density at radius 1 is 0.833 bits per heavy atom. The van der Waals surface area contributed by atoms with Crippen LogP contribution in [0.5, 0.6) is 5.75 Å². The summed E-state index contributed by atoms with van der Waals surface area (Å²) in [6, 6.07) is 23.2. The number of nitrogens with one attached hydrogen (secondary N) is 2. The maximum Gasteiger partial charge on any atom is 0.123 e. The third-order valence-electron chi connectivity index (χ3n) is 5.57.